The van der Waals surface area contributed by atoms with Gasteiger partial charge in [0.2, 0.25) is 0 Å². The molecule has 0 spiro atoms. The van der Waals surface area contributed by atoms with Crippen molar-refractivity contribution in [2.24, 2.45) is 7.05 Å². The first kappa shape index (κ1) is 6.42. The van der Waals surface area contributed by atoms with Gasteiger partial charge in [0.05, 0.1) is 0 Å². The van der Waals surface area contributed by atoms with Gasteiger partial charge in [-0.3, -0.25) is 0 Å². The van der Waals surface area contributed by atoms with Crippen LogP contribution in [0.5, 0.6) is 0 Å². The summed E-state index contributed by atoms with van der Waals surface area (Å²) in [5.41, 5.74) is 11.0. The number of nitriles is 1. The minimum atomic E-state index is 0.183. The summed E-state index contributed by atoms with van der Waals surface area (Å²) < 4.78 is 1.37. The number of aryl methyl sites for hydroxylation is 1. The number of nitrogens with zero attached hydrogens (tertiary/aromatic N) is 3. The van der Waals surface area contributed by atoms with Crippen molar-refractivity contribution in [2.45, 2.75) is 0 Å². The lowest BCUT2D eigenvalue weighted by Crippen LogP contribution is -1.97. The Morgan fingerprint density at radius 1 is 1.60 bits per heavy atom. The molecule has 0 bridgehead atoms. The van der Waals surface area contributed by atoms with Crippen LogP contribution >= 0.6 is 0 Å². The second kappa shape index (κ2) is 1.92. The Hall–Kier alpha value is -1.70. The Kier molecular flexibility index (Phi) is 1.23. The molecule has 0 aliphatic rings. The molecule has 0 saturated heterocycles. The summed E-state index contributed by atoms with van der Waals surface area (Å²) in [5.74, 6) is 0.488. The van der Waals surface area contributed by atoms with Crippen molar-refractivity contribution in [2.75, 3.05) is 11.5 Å². The van der Waals surface area contributed by atoms with Crippen molar-refractivity contribution in [3.63, 3.8) is 0 Å². The Morgan fingerprint density at radius 2 is 2.20 bits per heavy atom. The number of hydrogen-bond donors (Lipinski definition) is 2. The van der Waals surface area contributed by atoms with Crippen molar-refractivity contribution in [1.29, 1.82) is 5.26 Å². The van der Waals surface area contributed by atoms with Gasteiger partial charge in [-0.15, -0.1) is 0 Å². The van der Waals surface area contributed by atoms with Crippen LogP contribution in [0, 0.1) is 11.3 Å². The Labute approximate surface area is 57.8 Å². The molecule has 0 atom stereocenters. The van der Waals surface area contributed by atoms with Gasteiger partial charge in [-0.05, 0) is 0 Å². The van der Waals surface area contributed by atoms with Gasteiger partial charge in [-0.25, -0.2) is 4.68 Å². The van der Waals surface area contributed by atoms with Gasteiger partial charge in [0.15, 0.2) is 5.82 Å². The van der Waals surface area contributed by atoms with E-state index in [-0.39, 0.29) is 11.4 Å². The number of rotatable bonds is 0. The third-order valence-electron chi connectivity index (χ3n) is 1.23. The molecular formula is C5H7N5. The van der Waals surface area contributed by atoms with E-state index in [4.69, 9.17) is 16.7 Å². The van der Waals surface area contributed by atoms with Crippen LogP contribution in [0.2, 0.25) is 0 Å². The van der Waals surface area contributed by atoms with Crippen LogP contribution in [-0.4, -0.2) is 9.78 Å². The summed E-state index contributed by atoms with van der Waals surface area (Å²) >= 11 is 0. The van der Waals surface area contributed by atoms with Crippen molar-refractivity contribution < 1.29 is 0 Å². The van der Waals surface area contributed by atoms with Crippen LogP contribution in [0.4, 0.5) is 11.6 Å². The fraction of sp³-hybridized carbons (Fsp3) is 0.200. The summed E-state index contributed by atoms with van der Waals surface area (Å²) in [5, 5.41) is 12.2. The van der Waals surface area contributed by atoms with Crippen molar-refractivity contribution in [3.8, 4) is 6.07 Å². The summed E-state index contributed by atoms with van der Waals surface area (Å²) in [6.45, 7) is 0. The first-order valence-corrected chi connectivity index (χ1v) is 2.65. The molecular weight excluding hydrogens is 130 g/mol. The lowest BCUT2D eigenvalue weighted by Gasteiger charge is -1.89. The van der Waals surface area contributed by atoms with Crippen molar-refractivity contribution in [1.82, 2.24) is 9.78 Å². The first-order chi connectivity index (χ1) is 4.66. The molecule has 0 radical (unpaired) electrons. The fourth-order valence-corrected chi connectivity index (χ4v) is 0.673. The molecule has 1 rings (SSSR count). The molecule has 0 unspecified atom stereocenters. The zero-order valence-electron chi connectivity index (χ0n) is 5.50. The quantitative estimate of drug-likeness (QED) is 0.502. The largest absolute Gasteiger partial charge is 0.383 e. The Bertz CT molecular complexity index is 292. The van der Waals surface area contributed by atoms with Gasteiger partial charge >= 0.3 is 0 Å². The van der Waals surface area contributed by atoms with E-state index in [0.29, 0.717) is 5.82 Å². The van der Waals surface area contributed by atoms with E-state index in [0.717, 1.165) is 0 Å². The van der Waals surface area contributed by atoms with Crippen LogP contribution in [0.3, 0.4) is 0 Å². The van der Waals surface area contributed by atoms with Gasteiger partial charge in [0.1, 0.15) is 17.5 Å². The second-order valence-corrected chi connectivity index (χ2v) is 1.88. The summed E-state index contributed by atoms with van der Waals surface area (Å²) in [4.78, 5) is 0. The number of aromatic nitrogens is 2. The highest BCUT2D eigenvalue weighted by atomic mass is 15.3. The molecule has 4 N–H and O–H groups in total. The molecule has 0 aromatic carbocycles. The van der Waals surface area contributed by atoms with Crippen molar-refractivity contribution in [3.05, 3.63) is 5.56 Å². The molecule has 1 aromatic heterocycles. The SMILES string of the molecule is Cn1nc(N)c(C#N)c1N. The highest BCUT2D eigenvalue weighted by Crippen LogP contribution is 2.14. The van der Waals surface area contributed by atoms with E-state index in [9.17, 15) is 0 Å². The lowest BCUT2D eigenvalue weighted by atomic mass is 10.3. The standard InChI is InChI=1S/C5H7N5/c1-10-5(8)3(2-6)4(7)9-10/h8H2,1H3,(H2,7,9). The predicted molar refractivity (Wildman–Crippen MR) is 36.7 cm³/mol. The van der Waals surface area contributed by atoms with E-state index in [1.54, 1.807) is 7.05 Å². The van der Waals surface area contributed by atoms with Crippen LogP contribution in [-0.2, 0) is 7.05 Å². The maximum absolute atomic E-state index is 8.45. The van der Waals surface area contributed by atoms with E-state index in [1.165, 1.54) is 4.68 Å². The summed E-state index contributed by atoms with van der Waals surface area (Å²) in [7, 11) is 1.63. The lowest BCUT2D eigenvalue weighted by molar-refractivity contribution is 0.783. The monoisotopic (exact) mass is 137 g/mol. The molecule has 0 aliphatic carbocycles. The van der Waals surface area contributed by atoms with E-state index < -0.39 is 0 Å². The van der Waals surface area contributed by atoms with Gasteiger partial charge < -0.3 is 11.5 Å². The molecule has 10 heavy (non-hydrogen) atoms. The highest BCUT2D eigenvalue weighted by molar-refractivity contribution is 5.61. The zero-order valence-corrected chi connectivity index (χ0v) is 5.50. The average molecular weight is 137 g/mol. The highest BCUT2D eigenvalue weighted by Gasteiger charge is 2.08. The van der Waals surface area contributed by atoms with Gasteiger partial charge in [0, 0.05) is 7.05 Å². The molecule has 1 aromatic rings. The van der Waals surface area contributed by atoms with Gasteiger partial charge in [0.25, 0.3) is 0 Å². The summed E-state index contributed by atoms with van der Waals surface area (Å²) in [6, 6.07) is 1.85. The minimum Gasteiger partial charge on any atom is -0.383 e. The van der Waals surface area contributed by atoms with Crippen LogP contribution in [0.25, 0.3) is 0 Å². The minimum absolute atomic E-state index is 0.183. The van der Waals surface area contributed by atoms with Crippen LogP contribution in [0.1, 0.15) is 5.56 Å². The van der Waals surface area contributed by atoms with Crippen LogP contribution in [0.15, 0.2) is 0 Å². The Morgan fingerprint density at radius 3 is 2.40 bits per heavy atom. The van der Waals surface area contributed by atoms with E-state index in [2.05, 4.69) is 5.10 Å². The molecule has 52 valence electrons. The van der Waals surface area contributed by atoms with E-state index >= 15 is 0 Å². The zero-order chi connectivity index (χ0) is 7.72. The number of hydrogen-bond acceptors (Lipinski definition) is 4. The number of nitrogens with two attached hydrogens (primary N) is 2. The molecule has 0 amide bonds. The van der Waals surface area contributed by atoms with E-state index in [1.807, 2.05) is 6.07 Å². The average Bonchev–Trinajstić information content (AvgIpc) is 2.09. The third kappa shape index (κ3) is 0.666. The molecule has 5 nitrogen and oxygen atoms in total. The molecule has 5 heteroatoms. The predicted octanol–water partition coefficient (Wildman–Crippen LogP) is -0.544. The third-order valence-corrected chi connectivity index (χ3v) is 1.23. The molecule has 1 heterocycles. The maximum atomic E-state index is 8.45. The van der Waals surface area contributed by atoms with Crippen LogP contribution < -0.4 is 11.5 Å². The smallest absolute Gasteiger partial charge is 0.165 e. The molecule has 0 fully saturated rings. The first-order valence-electron chi connectivity index (χ1n) is 2.65. The van der Waals surface area contributed by atoms with Gasteiger partial charge in [-0.2, -0.15) is 10.4 Å². The molecule has 0 saturated carbocycles. The summed E-state index contributed by atoms with van der Waals surface area (Å²) in [6.07, 6.45) is 0. The topological polar surface area (TPSA) is 93.6 Å². The van der Waals surface area contributed by atoms with Gasteiger partial charge in [-0.1, -0.05) is 0 Å². The van der Waals surface area contributed by atoms with Crippen molar-refractivity contribution >= 4 is 11.6 Å². The number of anilines is 2. The normalized spacial score (nSPS) is 9.20. The second-order valence-electron chi connectivity index (χ2n) is 1.88. The molecule has 0 aliphatic heterocycles. The fourth-order valence-electron chi connectivity index (χ4n) is 0.673. The Balaban J connectivity index is 3.37. The number of nitrogen functional groups attached to an aromatic ring is 2. The maximum Gasteiger partial charge on any atom is 0.165 e.